The molecule has 4 nitrogen and oxygen atoms in total. The lowest BCUT2D eigenvalue weighted by Gasteiger charge is -2.18. The fraction of sp³-hybridized carbons (Fsp3) is 0.350. The van der Waals surface area contributed by atoms with Gasteiger partial charge in [-0.05, 0) is 30.5 Å². The van der Waals surface area contributed by atoms with Gasteiger partial charge in [0.2, 0.25) is 0 Å². The number of rotatable bonds is 7. The van der Waals surface area contributed by atoms with Gasteiger partial charge < -0.3 is 15.4 Å². The second-order valence-corrected chi connectivity index (χ2v) is 5.66. The summed E-state index contributed by atoms with van der Waals surface area (Å²) in [4.78, 5) is 4.30. The largest absolute Gasteiger partial charge is 0.377 e. The summed E-state index contributed by atoms with van der Waals surface area (Å²) in [6, 6.07) is 19.0. The van der Waals surface area contributed by atoms with Crippen molar-refractivity contribution in [3.63, 3.8) is 0 Å². The zero-order valence-electron chi connectivity index (χ0n) is 14.8. The molecule has 0 heterocycles. The van der Waals surface area contributed by atoms with Crippen LogP contribution in [0, 0.1) is 0 Å². The van der Waals surface area contributed by atoms with E-state index in [-0.39, 0.29) is 6.04 Å². The fourth-order valence-corrected chi connectivity index (χ4v) is 2.38. The Balaban J connectivity index is 1.85. The van der Waals surface area contributed by atoms with Crippen LogP contribution in [0.4, 0.5) is 0 Å². The molecule has 0 spiro atoms. The molecule has 0 aliphatic rings. The SMILES string of the molecule is CCOCc1ccc(CNC(=NC)NC(C)c2ccccc2)cc1. The lowest BCUT2D eigenvalue weighted by atomic mass is 10.1. The summed E-state index contributed by atoms with van der Waals surface area (Å²) in [7, 11) is 1.79. The number of nitrogens with one attached hydrogen (secondary N) is 2. The Morgan fingerprint density at radius 3 is 2.33 bits per heavy atom. The number of hydrogen-bond acceptors (Lipinski definition) is 2. The van der Waals surface area contributed by atoms with E-state index in [1.54, 1.807) is 7.05 Å². The Morgan fingerprint density at radius 1 is 1.04 bits per heavy atom. The van der Waals surface area contributed by atoms with E-state index in [0.717, 1.165) is 19.1 Å². The Morgan fingerprint density at radius 2 is 1.71 bits per heavy atom. The lowest BCUT2D eigenvalue weighted by Crippen LogP contribution is -2.38. The minimum absolute atomic E-state index is 0.200. The monoisotopic (exact) mass is 325 g/mol. The second-order valence-electron chi connectivity index (χ2n) is 5.66. The van der Waals surface area contributed by atoms with E-state index in [9.17, 15) is 0 Å². The number of guanidine groups is 1. The van der Waals surface area contributed by atoms with Crippen LogP contribution < -0.4 is 10.6 Å². The van der Waals surface area contributed by atoms with E-state index in [4.69, 9.17) is 4.74 Å². The molecule has 2 aromatic carbocycles. The minimum atomic E-state index is 0.200. The molecule has 0 aromatic heterocycles. The van der Waals surface area contributed by atoms with Gasteiger partial charge in [0, 0.05) is 20.2 Å². The van der Waals surface area contributed by atoms with Gasteiger partial charge in [-0.2, -0.15) is 0 Å². The van der Waals surface area contributed by atoms with Crippen molar-refractivity contribution in [3.8, 4) is 0 Å². The Hall–Kier alpha value is -2.33. The van der Waals surface area contributed by atoms with E-state index >= 15 is 0 Å². The number of benzene rings is 2. The van der Waals surface area contributed by atoms with E-state index in [1.807, 2.05) is 25.1 Å². The van der Waals surface area contributed by atoms with Gasteiger partial charge >= 0.3 is 0 Å². The van der Waals surface area contributed by atoms with E-state index in [2.05, 4.69) is 58.9 Å². The van der Waals surface area contributed by atoms with Crippen LogP contribution in [0.1, 0.15) is 36.6 Å². The predicted octanol–water partition coefficient (Wildman–Crippen LogP) is 3.65. The summed E-state index contributed by atoms with van der Waals surface area (Å²) in [6.45, 7) is 6.28. The molecule has 2 aromatic rings. The average Bonchev–Trinajstić information content (AvgIpc) is 2.64. The minimum Gasteiger partial charge on any atom is -0.377 e. The molecule has 0 saturated carbocycles. The summed E-state index contributed by atoms with van der Waals surface area (Å²) in [5, 5.41) is 6.77. The molecule has 2 N–H and O–H groups in total. The highest BCUT2D eigenvalue weighted by atomic mass is 16.5. The lowest BCUT2D eigenvalue weighted by molar-refractivity contribution is 0.134. The molecule has 0 aliphatic heterocycles. The first-order valence-electron chi connectivity index (χ1n) is 8.40. The van der Waals surface area contributed by atoms with E-state index < -0.39 is 0 Å². The van der Waals surface area contributed by atoms with Gasteiger partial charge in [0.05, 0.1) is 12.6 Å². The molecule has 0 saturated heterocycles. The molecule has 2 rings (SSSR count). The number of ether oxygens (including phenoxy) is 1. The van der Waals surface area contributed by atoms with Gasteiger partial charge in [0.15, 0.2) is 5.96 Å². The summed E-state index contributed by atoms with van der Waals surface area (Å²) in [6.07, 6.45) is 0. The van der Waals surface area contributed by atoms with Crippen molar-refractivity contribution in [2.24, 2.45) is 4.99 Å². The molecule has 0 bridgehead atoms. The van der Waals surface area contributed by atoms with Crippen molar-refractivity contribution in [2.45, 2.75) is 33.0 Å². The predicted molar refractivity (Wildman–Crippen MR) is 100.0 cm³/mol. The van der Waals surface area contributed by atoms with Crippen LogP contribution in [0.5, 0.6) is 0 Å². The molecule has 0 fully saturated rings. The van der Waals surface area contributed by atoms with Gasteiger partial charge in [-0.15, -0.1) is 0 Å². The van der Waals surface area contributed by atoms with E-state index in [0.29, 0.717) is 6.61 Å². The maximum absolute atomic E-state index is 5.42. The first-order chi connectivity index (χ1) is 11.7. The summed E-state index contributed by atoms with van der Waals surface area (Å²) < 4.78 is 5.42. The topological polar surface area (TPSA) is 45.6 Å². The molecule has 1 atom stereocenters. The molecule has 128 valence electrons. The van der Waals surface area contributed by atoms with Crippen LogP contribution >= 0.6 is 0 Å². The van der Waals surface area contributed by atoms with Crippen LogP contribution in [0.2, 0.25) is 0 Å². The molecule has 0 amide bonds. The van der Waals surface area contributed by atoms with Crippen LogP contribution in [0.15, 0.2) is 59.6 Å². The second kappa shape index (κ2) is 9.73. The van der Waals surface area contributed by atoms with Gasteiger partial charge in [-0.3, -0.25) is 4.99 Å². The maximum atomic E-state index is 5.42. The summed E-state index contributed by atoms with van der Waals surface area (Å²) in [5.74, 6) is 0.796. The Kier molecular flexibility index (Phi) is 7.30. The standard InChI is InChI=1S/C20H27N3O/c1-4-24-15-18-12-10-17(11-13-18)14-22-20(21-3)23-16(2)19-8-6-5-7-9-19/h5-13,16H,4,14-15H2,1-3H3,(H2,21,22,23). The highest BCUT2D eigenvalue weighted by Crippen LogP contribution is 2.11. The molecular weight excluding hydrogens is 298 g/mol. The quantitative estimate of drug-likeness (QED) is 0.603. The fourth-order valence-electron chi connectivity index (χ4n) is 2.38. The highest BCUT2D eigenvalue weighted by Gasteiger charge is 2.07. The highest BCUT2D eigenvalue weighted by molar-refractivity contribution is 5.80. The molecule has 0 aliphatic carbocycles. The molecule has 0 radical (unpaired) electrons. The van der Waals surface area contributed by atoms with E-state index in [1.165, 1.54) is 16.7 Å². The zero-order valence-corrected chi connectivity index (χ0v) is 14.8. The van der Waals surface area contributed by atoms with Crippen LogP contribution in [0.25, 0.3) is 0 Å². The molecule has 1 unspecified atom stereocenters. The Bertz CT molecular complexity index is 623. The molecule has 4 heteroatoms. The Labute approximate surface area is 145 Å². The number of nitrogens with zero attached hydrogens (tertiary/aromatic N) is 1. The van der Waals surface area contributed by atoms with Gasteiger partial charge in [-0.25, -0.2) is 0 Å². The third-order valence-electron chi connectivity index (χ3n) is 3.83. The first-order valence-corrected chi connectivity index (χ1v) is 8.40. The van der Waals surface area contributed by atoms with Crippen molar-refractivity contribution >= 4 is 5.96 Å². The first kappa shape index (κ1) is 18.0. The van der Waals surface area contributed by atoms with Crippen molar-refractivity contribution in [3.05, 3.63) is 71.3 Å². The van der Waals surface area contributed by atoms with Crippen molar-refractivity contribution < 1.29 is 4.74 Å². The third-order valence-corrected chi connectivity index (χ3v) is 3.83. The van der Waals surface area contributed by atoms with Crippen LogP contribution in [-0.4, -0.2) is 19.6 Å². The van der Waals surface area contributed by atoms with Crippen molar-refractivity contribution in [1.29, 1.82) is 0 Å². The number of hydrogen-bond donors (Lipinski definition) is 2. The van der Waals surface area contributed by atoms with Crippen molar-refractivity contribution in [2.75, 3.05) is 13.7 Å². The maximum Gasteiger partial charge on any atom is 0.191 e. The normalized spacial score (nSPS) is 12.7. The smallest absolute Gasteiger partial charge is 0.191 e. The zero-order chi connectivity index (χ0) is 17.2. The molecular formula is C20H27N3O. The van der Waals surface area contributed by atoms with Crippen LogP contribution in [-0.2, 0) is 17.9 Å². The summed E-state index contributed by atoms with van der Waals surface area (Å²) >= 11 is 0. The van der Waals surface area contributed by atoms with Gasteiger partial charge in [0.1, 0.15) is 0 Å². The van der Waals surface area contributed by atoms with Gasteiger partial charge in [-0.1, -0.05) is 54.6 Å². The third kappa shape index (κ3) is 5.70. The summed E-state index contributed by atoms with van der Waals surface area (Å²) in [5.41, 5.74) is 3.65. The van der Waals surface area contributed by atoms with Crippen molar-refractivity contribution in [1.82, 2.24) is 10.6 Å². The van der Waals surface area contributed by atoms with Gasteiger partial charge in [0.25, 0.3) is 0 Å². The molecule has 24 heavy (non-hydrogen) atoms. The number of aliphatic imine (C=N–C) groups is 1. The van der Waals surface area contributed by atoms with Crippen LogP contribution in [0.3, 0.4) is 0 Å². The average molecular weight is 325 g/mol.